The van der Waals surface area contributed by atoms with Crippen LogP contribution >= 0.6 is 11.6 Å². The summed E-state index contributed by atoms with van der Waals surface area (Å²) in [4.78, 5) is 0. The lowest BCUT2D eigenvalue weighted by Gasteiger charge is -2.26. The van der Waals surface area contributed by atoms with Gasteiger partial charge in [-0.1, -0.05) is 11.6 Å². The maximum absolute atomic E-state index is 13.3. The maximum atomic E-state index is 13.3. The van der Waals surface area contributed by atoms with Gasteiger partial charge in [0.05, 0.1) is 16.9 Å². The molecule has 22 heavy (non-hydrogen) atoms. The molecule has 2 aromatic rings. The first-order valence-electron chi connectivity index (χ1n) is 6.70. The number of nitrogens with zero attached hydrogens (tertiary/aromatic N) is 3. The Morgan fingerprint density at radius 3 is 2.64 bits per heavy atom. The number of rotatable bonds is 3. The van der Waals surface area contributed by atoms with Crippen LogP contribution in [0, 0.1) is 5.82 Å². The number of benzene rings is 1. The molecule has 0 atom stereocenters. The van der Waals surface area contributed by atoms with Crippen LogP contribution in [0.25, 0.3) is 5.69 Å². The van der Waals surface area contributed by atoms with Gasteiger partial charge in [0, 0.05) is 26.2 Å². The summed E-state index contributed by atoms with van der Waals surface area (Å²) in [5.41, 5.74) is 0.394. The van der Waals surface area contributed by atoms with Crippen LogP contribution in [0.5, 0.6) is 0 Å². The molecule has 0 radical (unpaired) electrons. The monoisotopic (exact) mass is 344 g/mol. The topological polar surface area (TPSA) is 67.2 Å². The minimum Gasteiger partial charge on any atom is -0.314 e. The Labute approximate surface area is 132 Å². The highest BCUT2D eigenvalue weighted by Gasteiger charge is 2.29. The Kier molecular flexibility index (Phi) is 4.18. The molecule has 1 saturated heterocycles. The van der Waals surface area contributed by atoms with Crippen molar-refractivity contribution >= 4 is 21.6 Å². The van der Waals surface area contributed by atoms with E-state index in [1.807, 2.05) is 0 Å². The number of halogens is 2. The van der Waals surface area contributed by atoms with Crippen molar-refractivity contribution in [3.63, 3.8) is 0 Å². The van der Waals surface area contributed by atoms with E-state index in [0.29, 0.717) is 31.9 Å². The molecule has 1 fully saturated rings. The Morgan fingerprint density at radius 1 is 1.23 bits per heavy atom. The van der Waals surface area contributed by atoms with Gasteiger partial charge in [0.15, 0.2) is 5.03 Å². The number of aromatic nitrogens is 2. The van der Waals surface area contributed by atoms with Gasteiger partial charge < -0.3 is 5.32 Å². The molecule has 0 amide bonds. The van der Waals surface area contributed by atoms with Crippen LogP contribution in [0.1, 0.15) is 0 Å². The third kappa shape index (κ3) is 2.74. The van der Waals surface area contributed by atoms with Crippen LogP contribution in [-0.2, 0) is 10.0 Å². The van der Waals surface area contributed by atoms with E-state index in [2.05, 4.69) is 10.4 Å². The summed E-state index contributed by atoms with van der Waals surface area (Å²) in [6.45, 7) is 2.01. The molecule has 9 heteroatoms. The van der Waals surface area contributed by atoms with Crippen molar-refractivity contribution in [3.8, 4) is 5.69 Å². The van der Waals surface area contributed by atoms with E-state index in [1.54, 1.807) is 0 Å². The molecule has 118 valence electrons. The van der Waals surface area contributed by atoms with Crippen molar-refractivity contribution in [3.05, 3.63) is 41.3 Å². The van der Waals surface area contributed by atoms with Crippen LogP contribution in [0.15, 0.2) is 35.5 Å². The summed E-state index contributed by atoms with van der Waals surface area (Å²) in [6.07, 6.45) is 1.40. The van der Waals surface area contributed by atoms with E-state index < -0.39 is 15.8 Å². The number of nitrogens with one attached hydrogen (secondary N) is 1. The third-order valence-electron chi connectivity index (χ3n) is 3.44. The van der Waals surface area contributed by atoms with Crippen LogP contribution in [0.3, 0.4) is 0 Å². The molecule has 0 aliphatic carbocycles. The van der Waals surface area contributed by atoms with Crippen LogP contribution in [0.4, 0.5) is 4.39 Å². The van der Waals surface area contributed by atoms with Gasteiger partial charge in [-0.05, 0) is 24.3 Å². The van der Waals surface area contributed by atoms with E-state index >= 15 is 0 Å². The van der Waals surface area contributed by atoms with Crippen molar-refractivity contribution in [2.24, 2.45) is 0 Å². The highest BCUT2D eigenvalue weighted by molar-refractivity contribution is 7.89. The van der Waals surface area contributed by atoms with Crippen molar-refractivity contribution in [2.45, 2.75) is 5.03 Å². The number of hydrogen-bond acceptors (Lipinski definition) is 4. The number of hydrogen-bond donors (Lipinski definition) is 1. The maximum Gasteiger partial charge on any atom is 0.260 e. The summed E-state index contributed by atoms with van der Waals surface area (Å²) in [7, 11) is -3.66. The molecule has 3 rings (SSSR count). The van der Waals surface area contributed by atoms with E-state index in [4.69, 9.17) is 11.6 Å². The van der Waals surface area contributed by atoms with E-state index in [9.17, 15) is 12.8 Å². The van der Waals surface area contributed by atoms with E-state index in [1.165, 1.54) is 39.4 Å². The molecule has 2 heterocycles. The quantitative estimate of drug-likeness (QED) is 0.910. The minimum absolute atomic E-state index is 0.0390. The molecule has 0 bridgehead atoms. The average molecular weight is 345 g/mol. The smallest absolute Gasteiger partial charge is 0.260 e. The molecule has 1 aromatic heterocycles. The van der Waals surface area contributed by atoms with Gasteiger partial charge in [0.2, 0.25) is 0 Å². The lowest BCUT2D eigenvalue weighted by molar-refractivity contribution is 0.358. The van der Waals surface area contributed by atoms with Gasteiger partial charge in [0.25, 0.3) is 10.0 Å². The fourth-order valence-electron chi connectivity index (χ4n) is 2.31. The fraction of sp³-hybridized carbons (Fsp3) is 0.308. The minimum atomic E-state index is -3.66. The predicted molar refractivity (Wildman–Crippen MR) is 80.2 cm³/mol. The van der Waals surface area contributed by atoms with Gasteiger partial charge in [-0.25, -0.2) is 17.5 Å². The fourth-order valence-corrected chi connectivity index (χ4v) is 4.02. The van der Waals surface area contributed by atoms with Crippen LogP contribution < -0.4 is 5.32 Å². The molecule has 6 nitrogen and oxygen atoms in total. The second kappa shape index (κ2) is 5.96. The summed E-state index contributed by atoms with van der Waals surface area (Å²) in [6, 6.07) is 5.39. The molecule has 1 aliphatic heterocycles. The van der Waals surface area contributed by atoms with Gasteiger partial charge in [0.1, 0.15) is 5.82 Å². The van der Waals surface area contributed by atoms with Crippen LogP contribution in [0.2, 0.25) is 5.02 Å². The van der Waals surface area contributed by atoms with Crippen molar-refractivity contribution in [1.82, 2.24) is 19.4 Å². The lowest BCUT2D eigenvalue weighted by Crippen LogP contribution is -2.46. The average Bonchev–Trinajstić information content (AvgIpc) is 3.01. The number of sulfonamides is 1. The Hall–Kier alpha value is -1.48. The van der Waals surface area contributed by atoms with Gasteiger partial charge in [-0.2, -0.15) is 9.40 Å². The first kappa shape index (κ1) is 15.4. The first-order chi connectivity index (χ1) is 10.5. The number of piperazine rings is 1. The second-order valence-electron chi connectivity index (χ2n) is 4.83. The first-order valence-corrected chi connectivity index (χ1v) is 8.52. The van der Waals surface area contributed by atoms with E-state index in [-0.39, 0.29) is 10.0 Å². The van der Waals surface area contributed by atoms with Gasteiger partial charge >= 0.3 is 0 Å². The summed E-state index contributed by atoms with van der Waals surface area (Å²) >= 11 is 5.76. The standard InChI is InChI=1S/C13H14ClFN4O2S/c14-11-9-10(1-2-12(11)15)19-13(3-4-17-19)22(20,21)18-7-5-16-6-8-18/h1-4,9,16H,5-8H2. The zero-order valence-electron chi connectivity index (χ0n) is 11.5. The molecule has 1 aliphatic rings. The zero-order chi connectivity index (χ0) is 15.7. The SMILES string of the molecule is O=S(=O)(c1ccnn1-c1ccc(F)c(Cl)c1)N1CCNCC1. The highest BCUT2D eigenvalue weighted by atomic mass is 35.5. The van der Waals surface area contributed by atoms with Crippen molar-refractivity contribution < 1.29 is 12.8 Å². The highest BCUT2D eigenvalue weighted by Crippen LogP contribution is 2.23. The Morgan fingerprint density at radius 2 is 1.95 bits per heavy atom. The van der Waals surface area contributed by atoms with Crippen LogP contribution in [-0.4, -0.2) is 48.7 Å². The zero-order valence-corrected chi connectivity index (χ0v) is 13.1. The van der Waals surface area contributed by atoms with Crippen molar-refractivity contribution in [1.29, 1.82) is 0 Å². The third-order valence-corrected chi connectivity index (χ3v) is 5.61. The predicted octanol–water partition coefficient (Wildman–Crippen LogP) is 1.26. The van der Waals surface area contributed by atoms with E-state index in [0.717, 1.165) is 0 Å². The molecule has 0 spiro atoms. The summed E-state index contributed by atoms with van der Waals surface area (Å²) in [5.74, 6) is -0.566. The molecule has 1 N–H and O–H groups in total. The Bertz CT molecular complexity index is 787. The Balaban J connectivity index is 2.02. The molecule has 0 saturated carbocycles. The van der Waals surface area contributed by atoms with Crippen molar-refractivity contribution in [2.75, 3.05) is 26.2 Å². The molecule has 0 unspecified atom stereocenters. The lowest BCUT2D eigenvalue weighted by atomic mass is 10.3. The molecular formula is C13H14ClFN4O2S. The van der Waals surface area contributed by atoms with Gasteiger partial charge in [-0.3, -0.25) is 0 Å². The van der Waals surface area contributed by atoms with Gasteiger partial charge in [-0.15, -0.1) is 0 Å². The summed E-state index contributed by atoms with van der Waals surface area (Å²) in [5, 5.41) is 7.09. The summed E-state index contributed by atoms with van der Waals surface area (Å²) < 4.78 is 41.4. The molecule has 1 aromatic carbocycles. The largest absolute Gasteiger partial charge is 0.314 e. The normalized spacial score (nSPS) is 16.8. The molecular weight excluding hydrogens is 331 g/mol. The second-order valence-corrected chi connectivity index (χ2v) is 7.13.